The number of carbonyl (C=O) groups excluding carboxylic acids is 1. The summed E-state index contributed by atoms with van der Waals surface area (Å²) in [6, 6.07) is 0. The first-order chi connectivity index (χ1) is 12.8. The Labute approximate surface area is 166 Å². The molecule has 1 aliphatic heterocycles. The van der Waals surface area contributed by atoms with Gasteiger partial charge < -0.3 is 34.3 Å². The number of thioether (sulfide) groups is 1. The Bertz CT molecular complexity index is 690. The van der Waals surface area contributed by atoms with Crippen LogP contribution in [0.15, 0.2) is 6.20 Å². The number of aromatic nitrogens is 2. The van der Waals surface area contributed by atoms with Gasteiger partial charge in [-0.2, -0.15) is 0 Å². The molecule has 2 rings (SSSR count). The highest BCUT2D eigenvalue weighted by atomic mass is 32.2. The fourth-order valence-corrected chi connectivity index (χ4v) is 3.78. The lowest BCUT2D eigenvalue weighted by Gasteiger charge is -2.35. The zero-order valence-electron chi connectivity index (χ0n) is 15.2. The van der Waals surface area contributed by atoms with E-state index in [-0.39, 0.29) is 18.5 Å². The van der Waals surface area contributed by atoms with E-state index in [1.54, 1.807) is 23.3 Å². The molecule has 1 saturated heterocycles. The summed E-state index contributed by atoms with van der Waals surface area (Å²) in [6.07, 6.45) is 0.285. The Morgan fingerprint density at radius 1 is 1.44 bits per heavy atom. The topological polar surface area (TPSA) is 114 Å². The number of carbonyl (C=O) groups is 1. The van der Waals surface area contributed by atoms with E-state index in [1.165, 1.54) is 18.0 Å². The molecule has 1 aromatic rings. The minimum atomic E-state index is -0.721. The molecule has 12 heteroatoms. The molecule has 0 saturated carbocycles. The number of hydrogen-bond donors (Lipinski definition) is 1. The molecular weight excluding hydrogens is 394 g/mol. The number of nitrogens with zero attached hydrogens (tertiary/aromatic N) is 5. The normalized spacial score (nSPS) is 15.5. The molecule has 150 valence electrons. The molecule has 1 unspecified atom stereocenters. The van der Waals surface area contributed by atoms with Gasteiger partial charge in [0.15, 0.2) is 0 Å². The van der Waals surface area contributed by atoms with Gasteiger partial charge in [0.25, 0.3) is 0 Å². The van der Waals surface area contributed by atoms with Gasteiger partial charge in [0.2, 0.25) is 5.82 Å². The van der Waals surface area contributed by atoms with Crippen molar-refractivity contribution in [1.82, 2.24) is 19.4 Å². The van der Waals surface area contributed by atoms with E-state index in [9.17, 15) is 20.0 Å². The third-order valence-corrected chi connectivity index (χ3v) is 5.69. The van der Waals surface area contributed by atoms with Gasteiger partial charge in [-0.1, -0.05) is 24.0 Å². The zero-order chi connectivity index (χ0) is 20.0. The highest BCUT2D eigenvalue weighted by Gasteiger charge is 2.24. The highest BCUT2D eigenvalue weighted by molar-refractivity contribution is 8.22. The lowest BCUT2D eigenvalue weighted by molar-refractivity contribution is -0.389. The van der Waals surface area contributed by atoms with Crippen molar-refractivity contribution in [1.29, 1.82) is 0 Å². The lowest BCUT2D eigenvalue weighted by Crippen LogP contribution is -2.49. The van der Waals surface area contributed by atoms with Crippen LogP contribution in [0, 0.1) is 17.0 Å². The Kier molecular flexibility index (Phi) is 7.80. The molecule has 10 nitrogen and oxygen atoms in total. The van der Waals surface area contributed by atoms with Crippen LogP contribution in [0.3, 0.4) is 0 Å². The Morgan fingerprint density at radius 3 is 2.63 bits per heavy atom. The van der Waals surface area contributed by atoms with E-state index >= 15 is 0 Å². The largest absolute Gasteiger partial charge is 0.450 e. The number of piperazine rings is 1. The molecular formula is C15H23N5O5S2. The highest BCUT2D eigenvalue weighted by Crippen LogP contribution is 2.16. The van der Waals surface area contributed by atoms with E-state index in [0.717, 1.165) is 0 Å². The van der Waals surface area contributed by atoms with Gasteiger partial charge in [-0.15, -0.1) is 0 Å². The monoisotopic (exact) mass is 417 g/mol. The van der Waals surface area contributed by atoms with Crippen molar-refractivity contribution < 1.29 is 19.6 Å². The van der Waals surface area contributed by atoms with Gasteiger partial charge in [-0.3, -0.25) is 0 Å². The van der Waals surface area contributed by atoms with E-state index in [4.69, 9.17) is 17.0 Å². The van der Waals surface area contributed by atoms with Crippen LogP contribution in [0.2, 0.25) is 0 Å². The summed E-state index contributed by atoms with van der Waals surface area (Å²) in [6.45, 7) is 6.31. The third-order valence-electron chi connectivity index (χ3n) is 4.02. The Morgan fingerprint density at radius 2 is 2.07 bits per heavy atom. The SMILES string of the molecule is CCOC(=O)N1CCN(C(=S)SCC(O)Cn2cc([N+](=O)[O-])nc2C)CC1. The minimum absolute atomic E-state index is 0.207. The molecule has 0 aromatic carbocycles. The van der Waals surface area contributed by atoms with Crippen LogP contribution < -0.4 is 0 Å². The molecule has 0 aliphatic carbocycles. The van der Waals surface area contributed by atoms with Crippen molar-refractivity contribution >= 4 is 40.2 Å². The maximum absolute atomic E-state index is 11.7. The summed E-state index contributed by atoms with van der Waals surface area (Å²) in [5.74, 6) is 0.605. The summed E-state index contributed by atoms with van der Waals surface area (Å²) >= 11 is 6.77. The molecule has 1 atom stereocenters. The van der Waals surface area contributed by atoms with Crippen LogP contribution in [-0.4, -0.2) is 84.4 Å². The molecule has 1 amide bonds. The number of ether oxygens (including phenoxy) is 1. The molecule has 1 N–H and O–H groups in total. The fourth-order valence-electron chi connectivity index (χ4n) is 2.59. The molecule has 2 heterocycles. The average Bonchev–Trinajstić information content (AvgIpc) is 3.01. The second-order valence-electron chi connectivity index (χ2n) is 5.96. The van der Waals surface area contributed by atoms with Crippen LogP contribution in [0.1, 0.15) is 12.7 Å². The number of imidazole rings is 1. The van der Waals surface area contributed by atoms with E-state index in [1.807, 2.05) is 4.90 Å². The van der Waals surface area contributed by atoms with Crippen molar-refractivity contribution in [2.24, 2.45) is 0 Å². The van der Waals surface area contributed by atoms with Crippen molar-refractivity contribution in [3.05, 3.63) is 22.1 Å². The standard InChI is InChI=1S/C15H23N5O5S2/c1-3-25-14(22)17-4-6-18(7-5-17)15(26)27-10-12(21)8-19-9-13(20(23)24)16-11(19)2/h9,12,21H,3-8,10H2,1-2H3. The smallest absolute Gasteiger partial charge is 0.409 e. The van der Waals surface area contributed by atoms with Crippen molar-refractivity contribution in [3.8, 4) is 0 Å². The number of nitro groups is 1. The summed E-state index contributed by atoms with van der Waals surface area (Å²) in [5.41, 5.74) is 0. The number of aliphatic hydroxyl groups is 1. The summed E-state index contributed by atoms with van der Waals surface area (Å²) < 4.78 is 7.20. The first kappa shape index (κ1) is 21.4. The molecule has 1 aliphatic rings. The van der Waals surface area contributed by atoms with Gasteiger partial charge in [0.05, 0.1) is 19.3 Å². The zero-order valence-corrected chi connectivity index (χ0v) is 16.9. The first-order valence-corrected chi connectivity index (χ1v) is 9.90. The van der Waals surface area contributed by atoms with Crippen LogP contribution in [0.5, 0.6) is 0 Å². The van der Waals surface area contributed by atoms with Gasteiger partial charge in [-0.25, -0.2) is 4.79 Å². The Balaban J connectivity index is 1.75. The maximum Gasteiger partial charge on any atom is 0.409 e. The van der Waals surface area contributed by atoms with Crippen molar-refractivity contribution in [2.75, 3.05) is 38.5 Å². The summed E-state index contributed by atoms with van der Waals surface area (Å²) in [7, 11) is 0. The number of aryl methyl sites for hydroxylation is 1. The average molecular weight is 418 g/mol. The van der Waals surface area contributed by atoms with Crippen LogP contribution in [0.25, 0.3) is 0 Å². The summed E-state index contributed by atoms with van der Waals surface area (Å²) in [5, 5.41) is 21.0. The molecule has 1 aromatic heterocycles. The van der Waals surface area contributed by atoms with Crippen molar-refractivity contribution in [3.63, 3.8) is 0 Å². The predicted octanol–water partition coefficient (Wildman–Crippen LogP) is 1.25. The molecule has 0 spiro atoms. The second kappa shape index (κ2) is 9.85. The third kappa shape index (κ3) is 6.04. The van der Waals surface area contributed by atoms with Gasteiger partial charge in [-0.05, 0) is 16.8 Å². The van der Waals surface area contributed by atoms with Crippen LogP contribution in [0.4, 0.5) is 10.6 Å². The van der Waals surface area contributed by atoms with Gasteiger partial charge >= 0.3 is 11.9 Å². The van der Waals surface area contributed by atoms with Crippen LogP contribution in [-0.2, 0) is 11.3 Å². The second-order valence-corrected chi connectivity index (χ2v) is 7.61. The van der Waals surface area contributed by atoms with E-state index in [2.05, 4.69) is 4.98 Å². The minimum Gasteiger partial charge on any atom is -0.450 e. The molecule has 1 fully saturated rings. The number of amides is 1. The Hall–Kier alpha value is -1.92. The number of thiocarbonyl (C=S) groups is 1. The number of aliphatic hydroxyl groups excluding tert-OH is 1. The molecule has 0 radical (unpaired) electrons. The number of hydrogen-bond acceptors (Lipinski definition) is 8. The predicted molar refractivity (Wildman–Crippen MR) is 105 cm³/mol. The lowest BCUT2D eigenvalue weighted by atomic mass is 10.3. The first-order valence-electron chi connectivity index (χ1n) is 8.51. The quantitative estimate of drug-likeness (QED) is 0.415. The van der Waals surface area contributed by atoms with E-state index in [0.29, 0.717) is 48.7 Å². The number of rotatable bonds is 6. The van der Waals surface area contributed by atoms with Gasteiger partial charge in [0, 0.05) is 38.9 Å². The molecule has 0 bridgehead atoms. The van der Waals surface area contributed by atoms with Crippen LogP contribution >= 0.6 is 24.0 Å². The van der Waals surface area contributed by atoms with E-state index < -0.39 is 11.0 Å². The summed E-state index contributed by atoms with van der Waals surface area (Å²) in [4.78, 5) is 29.4. The van der Waals surface area contributed by atoms with Gasteiger partial charge in [0.1, 0.15) is 10.5 Å². The maximum atomic E-state index is 11.7. The fraction of sp³-hybridized carbons (Fsp3) is 0.667. The molecule has 27 heavy (non-hydrogen) atoms. The van der Waals surface area contributed by atoms with Crippen molar-refractivity contribution in [2.45, 2.75) is 26.5 Å².